The zero-order valence-corrected chi connectivity index (χ0v) is 16.7. The highest BCUT2D eigenvalue weighted by atomic mass is 16.2. The predicted molar refractivity (Wildman–Crippen MR) is 112 cm³/mol. The first kappa shape index (κ1) is 20.0. The van der Waals surface area contributed by atoms with Gasteiger partial charge in [-0.2, -0.15) is 0 Å². The van der Waals surface area contributed by atoms with Crippen LogP contribution in [-0.2, 0) is 4.79 Å². The number of hydrogen-bond acceptors (Lipinski definition) is 5. The molecule has 2 aromatic rings. The van der Waals surface area contributed by atoms with E-state index in [4.69, 9.17) is 5.73 Å². The van der Waals surface area contributed by atoms with E-state index in [9.17, 15) is 14.4 Å². The second-order valence-corrected chi connectivity index (χ2v) is 7.61. The molecule has 8 nitrogen and oxygen atoms in total. The third-order valence-electron chi connectivity index (χ3n) is 5.79. The van der Waals surface area contributed by atoms with Crippen molar-refractivity contribution < 1.29 is 14.4 Å². The monoisotopic (exact) mass is 407 g/mol. The van der Waals surface area contributed by atoms with Crippen LogP contribution in [0.5, 0.6) is 0 Å². The van der Waals surface area contributed by atoms with Crippen molar-refractivity contribution in [2.24, 2.45) is 5.73 Å². The van der Waals surface area contributed by atoms with E-state index in [1.54, 1.807) is 4.90 Å². The van der Waals surface area contributed by atoms with E-state index >= 15 is 0 Å². The molecular formula is C22H25N5O3. The Kier molecular flexibility index (Phi) is 5.76. The third-order valence-corrected chi connectivity index (χ3v) is 5.79. The number of carbonyl (C=O) groups is 3. The van der Waals surface area contributed by atoms with Crippen LogP contribution in [0.4, 0.5) is 5.69 Å². The number of hydrogen-bond donors (Lipinski definition) is 1. The summed E-state index contributed by atoms with van der Waals surface area (Å²) in [5.41, 5.74) is 6.72. The van der Waals surface area contributed by atoms with Crippen molar-refractivity contribution in [3.05, 3.63) is 59.9 Å². The molecule has 1 aromatic heterocycles. The maximum absolute atomic E-state index is 13.1. The van der Waals surface area contributed by atoms with Gasteiger partial charge in [0.25, 0.3) is 5.91 Å². The Labute approximate surface area is 175 Å². The quantitative estimate of drug-likeness (QED) is 0.819. The van der Waals surface area contributed by atoms with Gasteiger partial charge in [-0.05, 0) is 37.1 Å². The first-order chi connectivity index (χ1) is 14.5. The maximum atomic E-state index is 13.1. The molecule has 2 aliphatic rings. The second-order valence-electron chi connectivity index (χ2n) is 7.61. The van der Waals surface area contributed by atoms with Gasteiger partial charge in [-0.1, -0.05) is 18.2 Å². The number of carbonyl (C=O) groups excluding carboxylic acids is 3. The number of anilines is 1. The van der Waals surface area contributed by atoms with Crippen LogP contribution in [0.3, 0.4) is 0 Å². The molecule has 0 unspecified atom stereocenters. The molecule has 30 heavy (non-hydrogen) atoms. The lowest BCUT2D eigenvalue weighted by atomic mass is 10.0. The van der Waals surface area contributed by atoms with E-state index in [1.165, 1.54) is 18.3 Å². The van der Waals surface area contributed by atoms with Crippen LogP contribution in [-0.4, -0.2) is 71.3 Å². The molecule has 0 spiro atoms. The fourth-order valence-electron chi connectivity index (χ4n) is 4.12. The molecule has 0 aliphatic carbocycles. The highest BCUT2D eigenvalue weighted by Gasteiger charge is 2.36. The lowest BCUT2D eigenvalue weighted by Gasteiger charge is -2.42. The number of nitrogens with two attached hydrogens (primary N) is 1. The summed E-state index contributed by atoms with van der Waals surface area (Å²) in [5, 5.41) is 0. The normalized spacial score (nSPS) is 20.3. The molecule has 2 N–H and O–H groups in total. The van der Waals surface area contributed by atoms with Gasteiger partial charge in [0.15, 0.2) is 0 Å². The molecule has 2 fully saturated rings. The van der Waals surface area contributed by atoms with Crippen molar-refractivity contribution in [1.82, 2.24) is 14.8 Å². The molecule has 156 valence electrons. The summed E-state index contributed by atoms with van der Waals surface area (Å²) in [6.45, 7) is 3.10. The molecule has 2 saturated heterocycles. The van der Waals surface area contributed by atoms with Crippen molar-refractivity contribution >= 4 is 23.4 Å². The Morgan fingerprint density at radius 3 is 2.33 bits per heavy atom. The molecule has 0 saturated carbocycles. The van der Waals surface area contributed by atoms with Crippen LogP contribution in [0.1, 0.15) is 33.7 Å². The smallest absolute Gasteiger partial charge is 0.272 e. The average molecular weight is 407 g/mol. The van der Waals surface area contributed by atoms with Gasteiger partial charge in [0.05, 0.1) is 11.6 Å². The van der Waals surface area contributed by atoms with Crippen molar-refractivity contribution in [3.8, 4) is 0 Å². The molecular weight excluding hydrogens is 382 g/mol. The third kappa shape index (κ3) is 4.04. The summed E-state index contributed by atoms with van der Waals surface area (Å²) in [7, 11) is 0. The zero-order valence-electron chi connectivity index (χ0n) is 16.7. The molecule has 4 rings (SSSR count). The number of pyridine rings is 1. The molecule has 0 bridgehead atoms. The number of para-hydroxylation sites is 1. The largest absolute Gasteiger partial charge is 0.366 e. The Bertz CT molecular complexity index is 924. The summed E-state index contributed by atoms with van der Waals surface area (Å²) in [4.78, 5) is 46.9. The molecule has 3 amide bonds. The van der Waals surface area contributed by atoms with E-state index in [-0.39, 0.29) is 29.1 Å². The molecule has 3 heterocycles. The Morgan fingerprint density at radius 1 is 0.967 bits per heavy atom. The number of piperazine rings is 1. The Morgan fingerprint density at radius 2 is 1.70 bits per heavy atom. The predicted octanol–water partition coefficient (Wildman–Crippen LogP) is 1.13. The van der Waals surface area contributed by atoms with Crippen LogP contribution < -0.4 is 10.6 Å². The van der Waals surface area contributed by atoms with Crippen LogP contribution in [0.15, 0.2) is 48.7 Å². The second kappa shape index (κ2) is 8.62. The van der Waals surface area contributed by atoms with E-state index in [0.29, 0.717) is 26.2 Å². The summed E-state index contributed by atoms with van der Waals surface area (Å²) < 4.78 is 0. The van der Waals surface area contributed by atoms with Crippen LogP contribution in [0.2, 0.25) is 0 Å². The summed E-state index contributed by atoms with van der Waals surface area (Å²) in [6, 6.07) is 12.7. The van der Waals surface area contributed by atoms with Gasteiger partial charge in [-0.25, -0.2) is 0 Å². The highest BCUT2D eigenvalue weighted by molar-refractivity contribution is 5.98. The minimum atomic E-state index is -0.572. The van der Waals surface area contributed by atoms with Gasteiger partial charge in [-0.15, -0.1) is 0 Å². The van der Waals surface area contributed by atoms with Gasteiger partial charge in [0, 0.05) is 44.6 Å². The molecule has 8 heteroatoms. The van der Waals surface area contributed by atoms with Gasteiger partial charge >= 0.3 is 0 Å². The fourth-order valence-corrected chi connectivity index (χ4v) is 4.12. The van der Waals surface area contributed by atoms with Gasteiger partial charge in [0.1, 0.15) is 5.69 Å². The minimum Gasteiger partial charge on any atom is -0.366 e. The van der Waals surface area contributed by atoms with E-state index in [2.05, 4.69) is 9.88 Å². The molecule has 1 aromatic carbocycles. The Balaban J connectivity index is 1.37. The number of rotatable bonds is 4. The SMILES string of the molecule is NC(=O)c1ccc(C(=O)N2CCN([C@@H]3CCCN(c4ccccc4)C3=O)CC2)nc1. The van der Waals surface area contributed by atoms with Crippen molar-refractivity contribution in [1.29, 1.82) is 0 Å². The molecule has 0 radical (unpaired) electrons. The van der Waals surface area contributed by atoms with Gasteiger partial charge in [-0.3, -0.25) is 24.3 Å². The number of amides is 3. The van der Waals surface area contributed by atoms with Crippen LogP contribution >= 0.6 is 0 Å². The number of aromatic nitrogens is 1. The standard InChI is InChI=1S/C22H25N5O3/c23-20(28)16-8-9-18(24-15-16)21(29)26-13-11-25(12-14-26)19-7-4-10-27(22(19)30)17-5-2-1-3-6-17/h1-3,5-6,8-9,15,19H,4,7,10-14H2,(H2,23,28)/t19-/m1/s1. The van der Waals surface area contributed by atoms with E-state index < -0.39 is 5.91 Å². The van der Waals surface area contributed by atoms with Crippen molar-refractivity contribution in [2.45, 2.75) is 18.9 Å². The van der Waals surface area contributed by atoms with Crippen molar-refractivity contribution in [2.75, 3.05) is 37.6 Å². The first-order valence-corrected chi connectivity index (χ1v) is 10.2. The summed E-state index contributed by atoms with van der Waals surface area (Å²) in [6.07, 6.45) is 3.12. The van der Waals surface area contributed by atoms with Crippen LogP contribution in [0, 0.1) is 0 Å². The first-order valence-electron chi connectivity index (χ1n) is 10.2. The Hall–Kier alpha value is -3.26. The summed E-state index contributed by atoms with van der Waals surface area (Å²) >= 11 is 0. The van der Waals surface area contributed by atoms with Crippen LogP contribution in [0.25, 0.3) is 0 Å². The van der Waals surface area contributed by atoms with E-state index in [1.807, 2.05) is 35.2 Å². The minimum absolute atomic E-state index is 0.135. The molecule has 1 atom stereocenters. The fraction of sp³-hybridized carbons (Fsp3) is 0.364. The number of primary amides is 1. The lowest BCUT2D eigenvalue weighted by Crippen LogP contribution is -2.58. The average Bonchev–Trinajstić information content (AvgIpc) is 2.79. The van der Waals surface area contributed by atoms with Crippen molar-refractivity contribution in [3.63, 3.8) is 0 Å². The maximum Gasteiger partial charge on any atom is 0.272 e. The number of piperidine rings is 1. The lowest BCUT2D eigenvalue weighted by molar-refractivity contribution is -0.126. The van der Waals surface area contributed by atoms with Gasteiger partial charge < -0.3 is 15.5 Å². The number of nitrogens with zero attached hydrogens (tertiary/aromatic N) is 4. The summed E-state index contributed by atoms with van der Waals surface area (Å²) in [5.74, 6) is -0.612. The number of benzene rings is 1. The molecule has 2 aliphatic heterocycles. The highest BCUT2D eigenvalue weighted by Crippen LogP contribution is 2.24. The zero-order chi connectivity index (χ0) is 21.1. The van der Waals surface area contributed by atoms with Gasteiger partial charge in [0.2, 0.25) is 11.8 Å². The topological polar surface area (TPSA) is 99.8 Å². The van der Waals surface area contributed by atoms with E-state index in [0.717, 1.165) is 25.1 Å².